The molecule has 0 aliphatic heterocycles. The van der Waals surface area contributed by atoms with E-state index in [9.17, 15) is 13.6 Å². The number of benzene rings is 2. The topological polar surface area (TPSA) is 57.8 Å². The van der Waals surface area contributed by atoms with E-state index in [-0.39, 0.29) is 23.8 Å². The summed E-state index contributed by atoms with van der Waals surface area (Å²) in [5.74, 6) is -1.13. The summed E-state index contributed by atoms with van der Waals surface area (Å²) < 4.78 is 27.3. The van der Waals surface area contributed by atoms with Crippen LogP contribution in [0.5, 0.6) is 0 Å². The van der Waals surface area contributed by atoms with Gasteiger partial charge < -0.3 is 5.32 Å². The zero-order chi connectivity index (χ0) is 19.5. The Morgan fingerprint density at radius 1 is 1.14 bits per heavy atom. The Labute approximate surface area is 163 Å². The van der Waals surface area contributed by atoms with E-state index < -0.39 is 5.82 Å². The van der Waals surface area contributed by atoms with Gasteiger partial charge in [0.2, 0.25) is 5.91 Å². The third-order valence-electron chi connectivity index (χ3n) is 4.17. The van der Waals surface area contributed by atoms with Crippen molar-refractivity contribution in [2.75, 3.05) is 5.32 Å². The molecule has 2 N–H and O–H groups in total. The monoisotopic (exact) mass is 395 g/mol. The molecule has 7 heteroatoms. The Balaban J connectivity index is 1.58. The second-order valence-corrected chi connectivity index (χ2v) is 7.21. The molecule has 0 saturated heterocycles. The first-order valence-corrected chi connectivity index (χ1v) is 9.40. The van der Waals surface area contributed by atoms with E-state index in [4.69, 9.17) is 0 Å². The number of thiophene rings is 1. The van der Waals surface area contributed by atoms with Crippen molar-refractivity contribution in [1.29, 1.82) is 0 Å². The standard InChI is InChI=1S/C21H15F2N3OS/c22-14-6-3-13(4-7-14)5-8-18-16-11-20(17(23)12-19(16)26-25-18)24-21(27)10-15-2-1-9-28-15/h1-9,11-12H,10H2,(H,24,27)(H,25,26). The summed E-state index contributed by atoms with van der Waals surface area (Å²) in [6.07, 6.45) is 3.73. The van der Waals surface area contributed by atoms with Crippen LogP contribution in [0.4, 0.5) is 14.5 Å². The maximum absolute atomic E-state index is 14.3. The van der Waals surface area contributed by atoms with Crippen LogP contribution >= 0.6 is 11.3 Å². The fourth-order valence-electron chi connectivity index (χ4n) is 2.80. The number of H-pyrrole nitrogens is 1. The molecular formula is C21H15F2N3OS. The average molecular weight is 395 g/mol. The zero-order valence-electron chi connectivity index (χ0n) is 14.6. The highest BCUT2D eigenvalue weighted by molar-refractivity contribution is 7.10. The van der Waals surface area contributed by atoms with Crippen LogP contribution < -0.4 is 5.32 Å². The summed E-state index contributed by atoms with van der Waals surface area (Å²) in [5.41, 5.74) is 2.02. The maximum atomic E-state index is 14.3. The van der Waals surface area contributed by atoms with Crippen LogP contribution in [0.2, 0.25) is 0 Å². The highest BCUT2D eigenvalue weighted by atomic mass is 32.1. The van der Waals surface area contributed by atoms with Crippen LogP contribution in [0.25, 0.3) is 23.1 Å². The first kappa shape index (κ1) is 18.1. The minimum atomic E-state index is -0.537. The third-order valence-corrected chi connectivity index (χ3v) is 5.05. The fraction of sp³-hybridized carbons (Fsp3) is 0.0476. The molecule has 0 spiro atoms. The number of anilines is 1. The van der Waals surface area contributed by atoms with Gasteiger partial charge in [-0.05, 0) is 41.3 Å². The van der Waals surface area contributed by atoms with Gasteiger partial charge in [-0.3, -0.25) is 9.89 Å². The Morgan fingerprint density at radius 3 is 2.71 bits per heavy atom. The summed E-state index contributed by atoms with van der Waals surface area (Å²) in [5, 5.41) is 12.2. The number of hydrogen-bond acceptors (Lipinski definition) is 3. The lowest BCUT2D eigenvalue weighted by atomic mass is 10.1. The maximum Gasteiger partial charge on any atom is 0.229 e. The molecule has 4 rings (SSSR count). The number of rotatable bonds is 5. The molecule has 0 radical (unpaired) electrons. The SMILES string of the molecule is O=C(Cc1cccs1)Nc1cc2c(C=Cc3ccc(F)cc3)n[nH]c2cc1F. The number of carbonyl (C=O) groups is 1. The van der Waals surface area contributed by atoms with Crippen molar-refractivity contribution in [2.24, 2.45) is 0 Å². The van der Waals surface area contributed by atoms with Gasteiger partial charge in [0.05, 0.1) is 23.3 Å². The van der Waals surface area contributed by atoms with E-state index in [0.717, 1.165) is 10.4 Å². The van der Waals surface area contributed by atoms with Crippen molar-refractivity contribution < 1.29 is 13.6 Å². The number of carbonyl (C=O) groups excluding carboxylic acids is 1. The molecule has 0 unspecified atom stereocenters. The fourth-order valence-corrected chi connectivity index (χ4v) is 3.50. The Hall–Kier alpha value is -3.32. The largest absolute Gasteiger partial charge is 0.323 e. The van der Waals surface area contributed by atoms with E-state index >= 15 is 0 Å². The predicted molar refractivity (Wildman–Crippen MR) is 108 cm³/mol. The Morgan fingerprint density at radius 2 is 1.96 bits per heavy atom. The molecule has 0 fully saturated rings. The number of hydrogen-bond donors (Lipinski definition) is 2. The van der Waals surface area contributed by atoms with E-state index in [0.29, 0.717) is 16.6 Å². The number of nitrogens with zero attached hydrogens (tertiary/aromatic N) is 1. The van der Waals surface area contributed by atoms with Crippen LogP contribution in [0, 0.1) is 11.6 Å². The molecule has 4 aromatic rings. The molecule has 2 aromatic heterocycles. The summed E-state index contributed by atoms with van der Waals surface area (Å²) in [4.78, 5) is 13.1. The summed E-state index contributed by atoms with van der Waals surface area (Å²) in [6.45, 7) is 0. The van der Waals surface area contributed by atoms with Crippen LogP contribution in [0.3, 0.4) is 0 Å². The van der Waals surface area contributed by atoms with Gasteiger partial charge in [0.25, 0.3) is 0 Å². The third kappa shape index (κ3) is 3.99. The van der Waals surface area contributed by atoms with Crippen molar-refractivity contribution in [3.63, 3.8) is 0 Å². The smallest absolute Gasteiger partial charge is 0.229 e. The number of halogens is 2. The molecule has 0 aliphatic carbocycles. The van der Waals surface area contributed by atoms with Gasteiger partial charge >= 0.3 is 0 Å². The van der Waals surface area contributed by atoms with Crippen molar-refractivity contribution in [2.45, 2.75) is 6.42 Å². The second-order valence-electron chi connectivity index (χ2n) is 6.18. The lowest BCUT2D eigenvalue weighted by Crippen LogP contribution is -2.14. The molecule has 2 aromatic carbocycles. The number of aromatic amines is 1. The van der Waals surface area contributed by atoms with Crippen molar-refractivity contribution in [3.8, 4) is 0 Å². The van der Waals surface area contributed by atoms with E-state index in [1.54, 1.807) is 30.4 Å². The lowest BCUT2D eigenvalue weighted by molar-refractivity contribution is -0.115. The molecule has 140 valence electrons. The minimum Gasteiger partial charge on any atom is -0.323 e. The Kier molecular flexibility index (Phi) is 4.99. The van der Waals surface area contributed by atoms with Gasteiger partial charge in [-0.2, -0.15) is 5.10 Å². The minimum absolute atomic E-state index is 0.104. The van der Waals surface area contributed by atoms with Crippen LogP contribution in [-0.4, -0.2) is 16.1 Å². The van der Waals surface area contributed by atoms with Crippen LogP contribution in [-0.2, 0) is 11.2 Å². The first-order valence-electron chi connectivity index (χ1n) is 8.52. The highest BCUT2D eigenvalue weighted by Gasteiger charge is 2.13. The molecule has 28 heavy (non-hydrogen) atoms. The van der Waals surface area contributed by atoms with E-state index in [1.807, 2.05) is 17.5 Å². The van der Waals surface area contributed by atoms with Crippen molar-refractivity contribution >= 4 is 46.0 Å². The lowest BCUT2D eigenvalue weighted by Gasteiger charge is -2.06. The molecule has 0 saturated carbocycles. The quantitative estimate of drug-likeness (QED) is 0.485. The van der Waals surface area contributed by atoms with Crippen molar-refractivity contribution in [1.82, 2.24) is 10.2 Å². The van der Waals surface area contributed by atoms with E-state index in [2.05, 4.69) is 15.5 Å². The predicted octanol–water partition coefficient (Wildman–Crippen LogP) is 5.25. The molecular weight excluding hydrogens is 380 g/mol. The second kappa shape index (κ2) is 7.74. The molecule has 0 atom stereocenters. The van der Waals surface area contributed by atoms with Crippen LogP contribution in [0.1, 0.15) is 16.1 Å². The summed E-state index contributed by atoms with van der Waals surface area (Å²) >= 11 is 1.48. The molecule has 2 heterocycles. The Bertz CT molecular complexity index is 1150. The average Bonchev–Trinajstić information content (AvgIpc) is 3.31. The molecule has 0 bridgehead atoms. The van der Waals surface area contributed by atoms with E-state index in [1.165, 1.54) is 29.5 Å². The van der Waals surface area contributed by atoms with Crippen LogP contribution in [0.15, 0.2) is 53.9 Å². The summed E-state index contributed by atoms with van der Waals surface area (Å²) in [7, 11) is 0. The number of amides is 1. The van der Waals surface area contributed by atoms with Gasteiger partial charge in [0.15, 0.2) is 0 Å². The van der Waals surface area contributed by atoms with Crippen molar-refractivity contribution in [3.05, 3.63) is 81.7 Å². The normalized spacial score (nSPS) is 11.4. The van der Waals surface area contributed by atoms with Gasteiger partial charge in [-0.1, -0.05) is 24.3 Å². The molecule has 4 nitrogen and oxygen atoms in total. The number of fused-ring (bicyclic) bond motifs is 1. The molecule has 0 aliphatic rings. The van der Waals surface area contributed by atoms with Gasteiger partial charge in [-0.25, -0.2) is 8.78 Å². The summed E-state index contributed by atoms with van der Waals surface area (Å²) in [6, 6.07) is 12.6. The number of aromatic nitrogens is 2. The van der Waals surface area contributed by atoms with Gasteiger partial charge in [0.1, 0.15) is 11.6 Å². The highest BCUT2D eigenvalue weighted by Crippen LogP contribution is 2.25. The number of nitrogens with one attached hydrogen (secondary N) is 2. The van der Waals surface area contributed by atoms with Gasteiger partial charge in [0, 0.05) is 16.3 Å². The molecule has 1 amide bonds. The first-order chi connectivity index (χ1) is 13.6. The van der Waals surface area contributed by atoms with Gasteiger partial charge in [-0.15, -0.1) is 11.3 Å². The zero-order valence-corrected chi connectivity index (χ0v) is 15.4.